The van der Waals surface area contributed by atoms with E-state index >= 15 is 0 Å². The maximum atomic E-state index is 4.52. The molecule has 0 spiro atoms. The van der Waals surface area contributed by atoms with Crippen LogP contribution in [0.3, 0.4) is 0 Å². The summed E-state index contributed by atoms with van der Waals surface area (Å²) in [5.41, 5.74) is 2.17. The highest BCUT2D eigenvalue weighted by molar-refractivity contribution is 7.09. The summed E-state index contributed by atoms with van der Waals surface area (Å²) in [6.45, 7) is 4.83. The molecule has 17 heavy (non-hydrogen) atoms. The smallest absolute Gasteiger partial charge is 0.203 e. The van der Waals surface area contributed by atoms with Gasteiger partial charge in [-0.2, -0.15) is 0 Å². The van der Waals surface area contributed by atoms with Crippen molar-refractivity contribution in [1.82, 2.24) is 14.5 Å². The van der Waals surface area contributed by atoms with Crippen molar-refractivity contribution in [2.45, 2.75) is 39.3 Å². The Bertz CT molecular complexity index is 524. The van der Waals surface area contributed by atoms with Gasteiger partial charge in [-0.3, -0.25) is 0 Å². The summed E-state index contributed by atoms with van der Waals surface area (Å²) >= 11 is 1.69. The van der Waals surface area contributed by atoms with E-state index in [2.05, 4.69) is 31.4 Å². The van der Waals surface area contributed by atoms with Gasteiger partial charge in [-0.15, -0.1) is 11.3 Å². The molecular formula is C12H16N4S. The number of nitrogens with zero attached hydrogens (tertiary/aromatic N) is 3. The molecule has 1 fully saturated rings. The molecule has 4 nitrogen and oxygen atoms in total. The van der Waals surface area contributed by atoms with Gasteiger partial charge in [0.25, 0.3) is 0 Å². The van der Waals surface area contributed by atoms with Crippen molar-refractivity contribution in [3.63, 3.8) is 0 Å². The molecule has 0 aliphatic heterocycles. The molecule has 1 saturated carbocycles. The van der Waals surface area contributed by atoms with Gasteiger partial charge in [0.15, 0.2) is 0 Å². The maximum absolute atomic E-state index is 4.52. The molecule has 1 aliphatic carbocycles. The van der Waals surface area contributed by atoms with Crippen LogP contribution in [0.1, 0.15) is 35.3 Å². The number of thiazole rings is 1. The van der Waals surface area contributed by atoms with Crippen molar-refractivity contribution in [3.8, 4) is 0 Å². The molecule has 5 heteroatoms. The first kappa shape index (κ1) is 10.8. The summed E-state index contributed by atoms with van der Waals surface area (Å²) in [5, 5.41) is 6.58. The number of aromatic nitrogens is 3. The van der Waals surface area contributed by atoms with Gasteiger partial charge >= 0.3 is 0 Å². The Kier molecular flexibility index (Phi) is 2.63. The monoisotopic (exact) mass is 248 g/mol. The largest absolute Gasteiger partial charge is 0.349 e. The number of aryl methyl sites for hydroxylation is 2. The Morgan fingerprint density at radius 2 is 2.18 bits per heavy atom. The minimum absolute atomic E-state index is 0.664. The highest BCUT2D eigenvalue weighted by Gasteiger charge is 2.26. The summed E-state index contributed by atoms with van der Waals surface area (Å²) in [6, 6.07) is 0.664. The van der Waals surface area contributed by atoms with Gasteiger partial charge in [0.05, 0.1) is 12.2 Å². The van der Waals surface area contributed by atoms with Crippen LogP contribution in [0.5, 0.6) is 0 Å². The molecule has 1 aliphatic rings. The lowest BCUT2D eigenvalue weighted by Gasteiger charge is -2.06. The van der Waals surface area contributed by atoms with Crippen LogP contribution < -0.4 is 5.32 Å². The number of hydrogen-bond donors (Lipinski definition) is 1. The third kappa shape index (κ3) is 2.34. The standard InChI is InChI=1S/C12H16N4S/c1-8-6-16(10-3-4-10)12(15-8)13-5-11-14-9(2)7-17-11/h6-7,10H,3-5H2,1-2H3,(H,13,15). The topological polar surface area (TPSA) is 42.7 Å². The Hall–Kier alpha value is -1.36. The van der Waals surface area contributed by atoms with Crippen molar-refractivity contribution >= 4 is 17.3 Å². The summed E-state index contributed by atoms with van der Waals surface area (Å²) in [6.07, 6.45) is 4.69. The Morgan fingerprint density at radius 3 is 2.82 bits per heavy atom. The maximum Gasteiger partial charge on any atom is 0.203 e. The molecule has 1 N–H and O–H groups in total. The van der Waals surface area contributed by atoms with E-state index in [9.17, 15) is 0 Å². The highest BCUT2D eigenvalue weighted by Crippen LogP contribution is 2.37. The van der Waals surface area contributed by atoms with E-state index in [4.69, 9.17) is 0 Å². The van der Waals surface area contributed by atoms with Crippen molar-refractivity contribution in [1.29, 1.82) is 0 Å². The molecule has 0 aromatic carbocycles. The van der Waals surface area contributed by atoms with Crippen LogP contribution in [0, 0.1) is 13.8 Å². The first-order valence-electron chi connectivity index (χ1n) is 5.93. The number of hydrogen-bond acceptors (Lipinski definition) is 4. The van der Waals surface area contributed by atoms with E-state index < -0.39 is 0 Å². The summed E-state index contributed by atoms with van der Waals surface area (Å²) in [7, 11) is 0. The van der Waals surface area contributed by atoms with Gasteiger partial charge < -0.3 is 9.88 Å². The molecule has 0 amide bonds. The average molecular weight is 248 g/mol. The predicted molar refractivity (Wildman–Crippen MR) is 69.4 cm³/mol. The fourth-order valence-electron chi connectivity index (χ4n) is 1.92. The molecule has 0 unspecified atom stereocenters. The van der Waals surface area contributed by atoms with Gasteiger partial charge in [0.1, 0.15) is 5.01 Å². The van der Waals surface area contributed by atoms with E-state index in [1.165, 1.54) is 12.8 Å². The summed E-state index contributed by atoms with van der Waals surface area (Å²) in [4.78, 5) is 8.96. The molecule has 0 atom stereocenters. The van der Waals surface area contributed by atoms with Gasteiger partial charge in [-0.25, -0.2) is 9.97 Å². The van der Waals surface area contributed by atoms with E-state index in [0.29, 0.717) is 6.04 Å². The zero-order chi connectivity index (χ0) is 11.8. The fourth-order valence-corrected chi connectivity index (χ4v) is 2.63. The molecule has 2 aromatic heterocycles. The molecule has 0 bridgehead atoms. The molecule has 90 valence electrons. The lowest BCUT2D eigenvalue weighted by molar-refractivity contribution is 0.742. The van der Waals surface area contributed by atoms with Crippen LogP contribution in [0.4, 0.5) is 5.95 Å². The number of anilines is 1. The molecule has 2 aromatic rings. The van der Waals surface area contributed by atoms with Crippen molar-refractivity contribution in [2.75, 3.05) is 5.32 Å². The van der Waals surface area contributed by atoms with Gasteiger partial charge in [0.2, 0.25) is 5.95 Å². The first-order valence-corrected chi connectivity index (χ1v) is 6.80. The van der Waals surface area contributed by atoms with Crippen LogP contribution >= 0.6 is 11.3 Å². The predicted octanol–water partition coefficient (Wildman–Crippen LogP) is 2.90. The van der Waals surface area contributed by atoms with Crippen LogP contribution in [-0.4, -0.2) is 14.5 Å². The lowest BCUT2D eigenvalue weighted by Crippen LogP contribution is -2.06. The van der Waals surface area contributed by atoms with Crippen molar-refractivity contribution in [3.05, 3.63) is 28.0 Å². The molecular weight excluding hydrogens is 232 g/mol. The minimum atomic E-state index is 0.664. The van der Waals surface area contributed by atoms with Crippen LogP contribution in [0.15, 0.2) is 11.6 Å². The van der Waals surface area contributed by atoms with E-state index in [-0.39, 0.29) is 0 Å². The van der Waals surface area contributed by atoms with Gasteiger partial charge in [-0.05, 0) is 26.7 Å². The second-order valence-electron chi connectivity index (χ2n) is 4.58. The Morgan fingerprint density at radius 1 is 1.35 bits per heavy atom. The number of nitrogens with one attached hydrogen (secondary N) is 1. The lowest BCUT2D eigenvalue weighted by atomic mass is 10.5. The van der Waals surface area contributed by atoms with Crippen LogP contribution in [0.25, 0.3) is 0 Å². The zero-order valence-corrected chi connectivity index (χ0v) is 10.9. The van der Waals surface area contributed by atoms with Crippen molar-refractivity contribution < 1.29 is 0 Å². The molecule has 0 saturated heterocycles. The van der Waals surface area contributed by atoms with E-state index in [1.807, 2.05) is 13.8 Å². The second-order valence-corrected chi connectivity index (χ2v) is 5.52. The van der Waals surface area contributed by atoms with E-state index in [0.717, 1.165) is 28.9 Å². The molecule has 0 radical (unpaired) electrons. The zero-order valence-electron chi connectivity index (χ0n) is 10.1. The number of imidazole rings is 1. The third-order valence-electron chi connectivity index (χ3n) is 2.86. The quantitative estimate of drug-likeness (QED) is 0.904. The van der Waals surface area contributed by atoms with Crippen LogP contribution in [-0.2, 0) is 6.54 Å². The van der Waals surface area contributed by atoms with Crippen molar-refractivity contribution in [2.24, 2.45) is 0 Å². The first-order chi connectivity index (χ1) is 8.22. The molecule has 3 rings (SSSR count). The SMILES string of the molecule is Cc1csc(CNc2nc(C)cn2C2CC2)n1. The Labute approximate surface area is 105 Å². The average Bonchev–Trinajstić information content (AvgIpc) is 2.95. The summed E-state index contributed by atoms with van der Waals surface area (Å²) in [5.74, 6) is 0.984. The third-order valence-corrected chi connectivity index (χ3v) is 3.82. The highest BCUT2D eigenvalue weighted by atomic mass is 32.1. The van der Waals surface area contributed by atoms with E-state index in [1.54, 1.807) is 11.3 Å². The fraction of sp³-hybridized carbons (Fsp3) is 0.500. The molecule has 2 heterocycles. The minimum Gasteiger partial charge on any atom is -0.349 e. The number of rotatable bonds is 4. The summed E-state index contributed by atoms with van der Waals surface area (Å²) < 4.78 is 2.26. The van der Waals surface area contributed by atoms with Gasteiger partial charge in [0, 0.05) is 23.3 Å². The Balaban J connectivity index is 1.72. The van der Waals surface area contributed by atoms with Gasteiger partial charge in [-0.1, -0.05) is 0 Å². The van der Waals surface area contributed by atoms with Crippen LogP contribution in [0.2, 0.25) is 0 Å². The normalized spacial score (nSPS) is 15.2. The second kappa shape index (κ2) is 4.14.